The van der Waals surface area contributed by atoms with E-state index in [4.69, 9.17) is 11.6 Å². The number of aliphatic hydroxyl groups is 1. The molecule has 2 aliphatic rings. The summed E-state index contributed by atoms with van der Waals surface area (Å²) in [6.45, 7) is 0.0662. The summed E-state index contributed by atoms with van der Waals surface area (Å²) >= 11 is 6.73. The lowest BCUT2D eigenvalue weighted by Gasteiger charge is -2.32. The van der Waals surface area contributed by atoms with Crippen molar-refractivity contribution in [1.82, 2.24) is 20.0 Å². The van der Waals surface area contributed by atoms with Crippen LogP contribution in [0.1, 0.15) is 68.8 Å². The zero-order valence-corrected chi connectivity index (χ0v) is 22.0. The fourth-order valence-corrected chi connectivity index (χ4v) is 5.60. The number of hydrogen-bond donors (Lipinski definition) is 3. The lowest BCUT2D eigenvalue weighted by atomic mass is 9.84. The van der Waals surface area contributed by atoms with Crippen molar-refractivity contribution in [3.63, 3.8) is 0 Å². The number of benzene rings is 2. The molecule has 2 aromatic carbocycles. The number of aromatic nitrogens is 4. The molecule has 2 aliphatic carbocycles. The number of fused-ring (bicyclic) bond motifs is 1. The van der Waals surface area contributed by atoms with E-state index in [1.165, 1.54) is 18.3 Å². The molecule has 4 aromatic rings. The molecule has 0 unspecified atom stereocenters. The third kappa shape index (κ3) is 5.27. The third-order valence-electron chi connectivity index (χ3n) is 7.61. The van der Waals surface area contributed by atoms with Crippen LogP contribution in [0.5, 0.6) is 0 Å². The molecule has 0 radical (unpaired) electrons. The number of hydrogen-bond acceptors (Lipinski definition) is 7. The molecular formula is C29H29ClFN7O. The van der Waals surface area contributed by atoms with Gasteiger partial charge in [-0.15, -0.1) is 5.10 Å². The maximum absolute atomic E-state index is 13.8. The van der Waals surface area contributed by atoms with Crippen molar-refractivity contribution in [3.05, 3.63) is 76.5 Å². The van der Waals surface area contributed by atoms with E-state index in [1.807, 2.05) is 6.07 Å². The van der Waals surface area contributed by atoms with Crippen molar-refractivity contribution < 1.29 is 10.9 Å². The SMILES string of the molecule is [2H][C@@](Nc1cc(Cl)c2ncc(C#N)c(N[C@H]3CCCC[C@@H]3CO)c2c1)(c1ccc(F)cc1)c1cn(C2CC2)nn1. The molecule has 0 aliphatic heterocycles. The van der Waals surface area contributed by atoms with Gasteiger partial charge in [-0.05, 0) is 55.5 Å². The highest BCUT2D eigenvalue weighted by Crippen LogP contribution is 2.38. The molecule has 0 saturated heterocycles. The van der Waals surface area contributed by atoms with Crippen LogP contribution in [0.2, 0.25) is 5.02 Å². The standard InChI is InChI=1S/C29H29ClFN7O/c30-24-12-21(34-28(17-5-7-20(31)8-6-17)26-15-38(37-36-26)22-9-10-22)11-23-27(19(13-32)14-33-29(23)24)35-25-4-2-1-3-18(25)16-39/h5-8,11-12,14-15,18,22,25,28,34,39H,1-4,9-10,16H2,(H,33,35)/t18-,25+,28-/m1/s1/i28D. The molecule has 0 amide bonds. The first-order chi connectivity index (χ1) is 19.4. The Labute approximate surface area is 232 Å². The van der Waals surface area contributed by atoms with Gasteiger partial charge < -0.3 is 15.7 Å². The smallest absolute Gasteiger partial charge is 0.123 e. The lowest BCUT2D eigenvalue weighted by Crippen LogP contribution is -2.34. The van der Waals surface area contributed by atoms with E-state index < -0.39 is 11.8 Å². The molecule has 8 nitrogen and oxygen atoms in total. The van der Waals surface area contributed by atoms with E-state index in [1.54, 1.807) is 29.1 Å². The third-order valence-corrected chi connectivity index (χ3v) is 7.90. The normalized spacial score (nSPS) is 21.1. The summed E-state index contributed by atoms with van der Waals surface area (Å²) < 4.78 is 25.1. The van der Waals surface area contributed by atoms with Crippen molar-refractivity contribution in [2.75, 3.05) is 17.2 Å². The molecule has 0 bridgehead atoms. The molecule has 6 rings (SSSR count). The number of anilines is 2. The van der Waals surface area contributed by atoms with Crippen LogP contribution in [0.25, 0.3) is 10.9 Å². The Bertz CT molecular complexity index is 1590. The number of nitrogens with zero attached hydrogens (tertiary/aromatic N) is 5. The Morgan fingerprint density at radius 3 is 2.74 bits per heavy atom. The highest BCUT2D eigenvalue weighted by atomic mass is 35.5. The zero-order chi connectivity index (χ0) is 27.9. The van der Waals surface area contributed by atoms with Crippen molar-refractivity contribution in [3.8, 4) is 6.07 Å². The first-order valence-electron chi connectivity index (χ1n) is 13.8. The average Bonchev–Trinajstić information content (AvgIpc) is 3.69. The van der Waals surface area contributed by atoms with Crippen LogP contribution in [0.15, 0.2) is 48.8 Å². The molecule has 200 valence electrons. The summed E-state index contributed by atoms with van der Waals surface area (Å²) in [5.74, 6) is -0.329. The van der Waals surface area contributed by atoms with Crippen LogP contribution >= 0.6 is 11.6 Å². The Morgan fingerprint density at radius 2 is 2.00 bits per heavy atom. The van der Waals surface area contributed by atoms with Crippen LogP contribution in [0.3, 0.4) is 0 Å². The van der Waals surface area contributed by atoms with Gasteiger partial charge in [-0.3, -0.25) is 4.98 Å². The van der Waals surface area contributed by atoms with Crippen molar-refractivity contribution >= 4 is 33.9 Å². The van der Waals surface area contributed by atoms with Gasteiger partial charge in [-0.1, -0.05) is 41.8 Å². The molecule has 2 aromatic heterocycles. The van der Waals surface area contributed by atoms with E-state index in [2.05, 4.69) is 32.0 Å². The predicted octanol–water partition coefficient (Wildman–Crippen LogP) is 5.99. The molecule has 10 heteroatoms. The lowest BCUT2D eigenvalue weighted by molar-refractivity contribution is 0.178. The largest absolute Gasteiger partial charge is 0.396 e. The second-order valence-corrected chi connectivity index (χ2v) is 10.7. The minimum Gasteiger partial charge on any atom is -0.396 e. The summed E-state index contributed by atoms with van der Waals surface area (Å²) in [4.78, 5) is 4.45. The fourth-order valence-electron chi connectivity index (χ4n) is 5.33. The number of rotatable bonds is 8. The van der Waals surface area contributed by atoms with Gasteiger partial charge in [0.15, 0.2) is 0 Å². The van der Waals surface area contributed by atoms with E-state index in [9.17, 15) is 16.1 Å². The molecule has 0 spiro atoms. The zero-order valence-electron chi connectivity index (χ0n) is 22.2. The monoisotopic (exact) mass is 546 g/mol. The van der Waals surface area contributed by atoms with E-state index in [0.717, 1.165) is 38.5 Å². The number of nitrogens with one attached hydrogen (secondary N) is 2. The minimum atomic E-state index is -1.61. The highest BCUT2D eigenvalue weighted by Gasteiger charge is 2.28. The van der Waals surface area contributed by atoms with Crippen molar-refractivity contribution in [2.45, 2.75) is 56.6 Å². The van der Waals surface area contributed by atoms with Gasteiger partial charge >= 0.3 is 0 Å². The molecule has 2 saturated carbocycles. The van der Waals surface area contributed by atoms with Gasteiger partial charge in [0.25, 0.3) is 0 Å². The second kappa shape index (κ2) is 10.8. The summed E-state index contributed by atoms with van der Waals surface area (Å²) in [5.41, 5.74) is 2.81. The fraction of sp³-hybridized carbons (Fsp3) is 0.379. The summed E-state index contributed by atoms with van der Waals surface area (Å²) in [7, 11) is 0. The molecule has 3 N–H and O–H groups in total. The van der Waals surface area contributed by atoms with E-state index in [-0.39, 0.29) is 24.6 Å². The molecule has 39 heavy (non-hydrogen) atoms. The second-order valence-electron chi connectivity index (χ2n) is 10.3. The molecule has 2 fully saturated rings. The van der Waals surface area contributed by atoms with Gasteiger partial charge in [0.2, 0.25) is 0 Å². The van der Waals surface area contributed by atoms with Gasteiger partial charge in [0.05, 0.1) is 41.4 Å². The van der Waals surface area contributed by atoms with Gasteiger partial charge in [-0.2, -0.15) is 5.26 Å². The van der Waals surface area contributed by atoms with Crippen molar-refractivity contribution in [1.29, 1.82) is 5.26 Å². The van der Waals surface area contributed by atoms with Crippen LogP contribution in [0, 0.1) is 23.1 Å². The Balaban J connectivity index is 1.44. The molecule has 2 heterocycles. The van der Waals surface area contributed by atoms with Gasteiger partial charge in [-0.25, -0.2) is 9.07 Å². The van der Waals surface area contributed by atoms with Gasteiger partial charge in [0, 0.05) is 35.8 Å². The maximum atomic E-state index is 13.8. The first-order valence-corrected chi connectivity index (χ1v) is 13.6. The summed E-state index contributed by atoms with van der Waals surface area (Å²) in [6, 6.07) is 10.1. The summed E-state index contributed by atoms with van der Waals surface area (Å²) in [5, 5.41) is 36.2. The average molecular weight is 547 g/mol. The van der Waals surface area contributed by atoms with E-state index in [0.29, 0.717) is 44.1 Å². The van der Waals surface area contributed by atoms with Gasteiger partial charge in [0.1, 0.15) is 17.6 Å². The quantitative estimate of drug-likeness (QED) is 0.249. The van der Waals surface area contributed by atoms with Crippen LogP contribution < -0.4 is 10.6 Å². The van der Waals surface area contributed by atoms with E-state index >= 15 is 0 Å². The Kier molecular flexibility index (Phi) is 6.73. The number of halogens is 2. The first kappa shape index (κ1) is 24.3. The topological polar surface area (TPSA) is 112 Å². The maximum Gasteiger partial charge on any atom is 0.123 e. The van der Waals surface area contributed by atoms with Crippen LogP contribution in [-0.4, -0.2) is 37.7 Å². The van der Waals surface area contributed by atoms with Crippen LogP contribution in [-0.2, 0) is 0 Å². The Hall–Kier alpha value is -3.74. The summed E-state index contributed by atoms with van der Waals surface area (Å²) in [6.07, 6.45) is 9.17. The molecular weight excluding hydrogens is 517 g/mol. The van der Waals surface area contributed by atoms with Crippen molar-refractivity contribution in [2.24, 2.45) is 5.92 Å². The highest BCUT2D eigenvalue weighted by molar-refractivity contribution is 6.35. The number of pyridine rings is 1. The van der Waals surface area contributed by atoms with Crippen LogP contribution in [0.4, 0.5) is 15.8 Å². The number of nitriles is 1. The molecule has 3 atom stereocenters. The minimum absolute atomic E-state index is 0.00113. The Morgan fingerprint density at radius 1 is 1.21 bits per heavy atom. The number of aliphatic hydroxyl groups excluding tert-OH is 1. The predicted molar refractivity (Wildman–Crippen MR) is 148 cm³/mol.